The molecule has 0 amide bonds. The number of rotatable bonds is 2. The minimum absolute atomic E-state index is 0.109. The van der Waals surface area contributed by atoms with E-state index in [1.807, 2.05) is 9.47 Å². The number of hydrogen-bond donors (Lipinski definition) is 3. The van der Waals surface area contributed by atoms with Crippen LogP contribution in [-0.4, -0.2) is 21.3 Å². The van der Waals surface area contributed by atoms with Gasteiger partial charge >= 0.3 is 5.97 Å². The van der Waals surface area contributed by atoms with Crippen molar-refractivity contribution in [3.63, 3.8) is 0 Å². The predicted molar refractivity (Wildman–Crippen MR) is 47.1 cm³/mol. The average Bonchev–Trinajstić information content (AvgIpc) is 2.09. The number of aromatic hydroxyl groups is 2. The van der Waals surface area contributed by atoms with Crippen molar-refractivity contribution in [2.24, 2.45) is 0 Å². The number of hydrogen-bond acceptors (Lipinski definition) is 4. The SMILES string of the molecule is O=C(O)c1cc(O)c(O)c(OP)c1. The third-order valence-corrected chi connectivity index (χ3v) is 1.68. The van der Waals surface area contributed by atoms with Crippen LogP contribution in [0.15, 0.2) is 12.1 Å². The molecular formula is C7H7O5P. The van der Waals surface area contributed by atoms with E-state index in [4.69, 9.17) is 15.3 Å². The van der Waals surface area contributed by atoms with Crippen LogP contribution < -0.4 is 4.52 Å². The minimum Gasteiger partial charge on any atom is -0.504 e. The molecule has 0 aliphatic carbocycles. The van der Waals surface area contributed by atoms with Crippen LogP contribution in [0.2, 0.25) is 0 Å². The second-order valence-electron chi connectivity index (χ2n) is 2.27. The van der Waals surface area contributed by atoms with Crippen molar-refractivity contribution >= 4 is 15.4 Å². The van der Waals surface area contributed by atoms with E-state index >= 15 is 0 Å². The summed E-state index contributed by atoms with van der Waals surface area (Å²) in [4.78, 5) is 10.5. The fourth-order valence-electron chi connectivity index (χ4n) is 0.806. The van der Waals surface area contributed by atoms with E-state index in [0.29, 0.717) is 0 Å². The summed E-state index contributed by atoms with van der Waals surface area (Å²) in [5.41, 5.74) is -0.159. The summed E-state index contributed by atoms with van der Waals surface area (Å²) >= 11 is 0. The maximum absolute atomic E-state index is 10.5. The number of phenolic OH excluding ortho intramolecular Hbond substituents is 2. The van der Waals surface area contributed by atoms with Gasteiger partial charge in [0, 0.05) is 0 Å². The molecule has 0 heterocycles. The van der Waals surface area contributed by atoms with Gasteiger partial charge in [-0.05, 0) is 12.1 Å². The van der Waals surface area contributed by atoms with Crippen LogP contribution in [0.1, 0.15) is 10.4 Å². The Bertz CT molecular complexity index is 349. The van der Waals surface area contributed by atoms with Gasteiger partial charge in [-0.3, -0.25) is 0 Å². The highest BCUT2D eigenvalue weighted by molar-refractivity contribution is 7.10. The molecule has 0 spiro atoms. The average molecular weight is 202 g/mol. The van der Waals surface area contributed by atoms with Crippen molar-refractivity contribution in [1.29, 1.82) is 0 Å². The lowest BCUT2D eigenvalue weighted by Gasteiger charge is -2.05. The van der Waals surface area contributed by atoms with Gasteiger partial charge in [-0.2, -0.15) is 0 Å². The fourth-order valence-corrected chi connectivity index (χ4v) is 0.986. The van der Waals surface area contributed by atoms with Crippen LogP contribution >= 0.6 is 9.47 Å². The molecule has 0 bridgehead atoms. The molecule has 70 valence electrons. The van der Waals surface area contributed by atoms with Crippen molar-refractivity contribution in [2.45, 2.75) is 0 Å². The molecular weight excluding hydrogens is 195 g/mol. The maximum atomic E-state index is 10.5. The summed E-state index contributed by atoms with van der Waals surface area (Å²) in [6.45, 7) is 0. The Balaban J connectivity index is 3.30. The standard InChI is InChI=1S/C7H7O5P/c8-4-1-3(7(10)11)2-5(12-13)6(4)9/h1-2,8-9H,13H2,(H,10,11). The first-order valence-corrected chi connectivity index (χ1v) is 3.69. The lowest BCUT2D eigenvalue weighted by Crippen LogP contribution is -1.95. The topological polar surface area (TPSA) is 87.0 Å². The van der Waals surface area contributed by atoms with E-state index in [-0.39, 0.29) is 11.3 Å². The lowest BCUT2D eigenvalue weighted by atomic mass is 10.2. The highest BCUT2D eigenvalue weighted by Crippen LogP contribution is 2.37. The van der Waals surface area contributed by atoms with Gasteiger partial charge in [0.05, 0.1) is 15.0 Å². The zero-order chi connectivity index (χ0) is 10.0. The molecule has 1 atom stereocenters. The van der Waals surface area contributed by atoms with Gasteiger partial charge in [-0.1, -0.05) is 0 Å². The highest BCUT2D eigenvalue weighted by Gasteiger charge is 2.13. The third-order valence-electron chi connectivity index (χ3n) is 1.43. The van der Waals surface area contributed by atoms with E-state index in [0.717, 1.165) is 12.1 Å². The van der Waals surface area contributed by atoms with Gasteiger partial charge in [0.15, 0.2) is 11.5 Å². The molecule has 0 aliphatic rings. The molecule has 1 aromatic rings. The van der Waals surface area contributed by atoms with Crippen LogP contribution in [0, 0.1) is 0 Å². The second-order valence-corrected chi connectivity index (χ2v) is 2.50. The van der Waals surface area contributed by atoms with Gasteiger partial charge in [0.25, 0.3) is 0 Å². The van der Waals surface area contributed by atoms with Crippen molar-refractivity contribution in [3.05, 3.63) is 17.7 Å². The molecule has 0 saturated heterocycles. The van der Waals surface area contributed by atoms with Crippen molar-refractivity contribution in [2.75, 3.05) is 0 Å². The number of aromatic carboxylic acids is 1. The number of carboxylic acid groups (broad SMARTS) is 1. The Hall–Kier alpha value is -1.48. The Morgan fingerprint density at radius 3 is 2.46 bits per heavy atom. The minimum atomic E-state index is -1.21. The lowest BCUT2D eigenvalue weighted by molar-refractivity contribution is 0.0696. The highest BCUT2D eigenvalue weighted by atomic mass is 31.0. The van der Waals surface area contributed by atoms with E-state index in [1.54, 1.807) is 0 Å². The monoisotopic (exact) mass is 202 g/mol. The molecule has 1 aromatic carbocycles. The fraction of sp³-hybridized carbons (Fsp3) is 0. The van der Waals surface area contributed by atoms with Gasteiger partial charge in [0.1, 0.15) is 0 Å². The smallest absolute Gasteiger partial charge is 0.335 e. The first-order chi connectivity index (χ1) is 6.06. The number of carboxylic acids is 1. The zero-order valence-electron chi connectivity index (χ0n) is 6.39. The third kappa shape index (κ3) is 1.81. The molecule has 0 aromatic heterocycles. The number of benzene rings is 1. The van der Waals surface area contributed by atoms with Crippen molar-refractivity contribution < 1.29 is 24.6 Å². The summed E-state index contributed by atoms with van der Waals surface area (Å²) < 4.78 is 4.56. The molecule has 0 aliphatic heterocycles. The molecule has 3 N–H and O–H groups in total. The van der Waals surface area contributed by atoms with E-state index in [2.05, 4.69) is 4.52 Å². The largest absolute Gasteiger partial charge is 0.504 e. The van der Waals surface area contributed by atoms with Crippen LogP contribution in [0.25, 0.3) is 0 Å². The molecule has 1 rings (SSSR count). The van der Waals surface area contributed by atoms with Gasteiger partial charge in [-0.15, -0.1) is 0 Å². The van der Waals surface area contributed by atoms with Crippen LogP contribution in [0.4, 0.5) is 0 Å². The molecule has 0 saturated carbocycles. The summed E-state index contributed by atoms with van der Waals surface area (Å²) in [5, 5.41) is 26.7. The Kier molecular flexibility index (Phi) is 2.58. The normalized spacial score (nSPS) is 9.62. The summed E-state index contributed by atoms with van der Waals surface area (Å²) in [6.07, 6.45) is 0. The Labute approximate surface area is 75.9 Å². The summed E-state index contributed by atoms with van der Waals surface area (Å²) in [6, 6.07) is 2.04. The van der Waals surface area contributed by atoms with Crippen LogP contribution in [0.3, 0.4) is 0 Å². The van der Waals surface area contributed by atoms with Gasteiger partial charge in [0.2, 0.25) is 5.75 Å². The second kappa shape index (κ2) is 3.49. The zero-order valence-corrected chi connectivity index (χ0v) is 7.54. The van der Waals surface area contributed by atoms with Crippen LogP contribution in [0.5, 0.6) is 17.2 Å². The predicted octanol–water partition coefficient (Wildman–Crippen LogP) is 0.965. The quantitative estimate of drug-likeness (QED) is 0.491. The van der Waals surface area contributed by atoms with Gasteiger partial charge in [-0.25, -0.2) is 4.79 Å². The number of carbonyl (C=O) groups is 1. The molecule has 6 heteroatoms. The molecule has 0 fully saturated rings. The summed E-state index contributed by atoms with van der Waals surface area (Å²) in [5.74, 6) is -2.33. The van der Waals surface area contributed by atoms with Crippen molar-refractivity contribution in [3.8, 4) is 17.2 Å². The molecule has 1 unspecified atom stereocenters. The first-order valence-electron chi connectivity index (χ1n) is 3.22. The van der Waals surface area contributed by atoms with E-state index < -0.39 is 17.5 Å². The molecule has 0 radical (unpaired) electrons. The Morgan fingerprint density at radius 1 is 1.38 bits per heavy atom. The van der Waals surface area contributed by atoms with E-state index in [1.165, 1.54) is 0 Å². The maximum Gasteiger partial charge on any atom is 0.335 e. The molecule has 13 heavy (non-hydrogen) atoms. The Morgan fingerprint density at radius 2 is 2.00 bits per heavy atom. The van der Waals surface area contributed by atoms with Gasteiger partial charge < -0.3 is 19.8 Å². The molecule has 5 nitrogen and oxygen atoms in total. The number of phenols is 2. The first kappa shape index (κ1) is 9.61. The summed E-state index contributed by atoms with van der Waals surface area (Å²) in [7, 11) is 1.84. The van der Waals surface area contributed by atoms with Crippen LogP contribution in [-0.2, 0) is 0 Å². The van der Waals surface area contributed by atoms with E-state index in [9.17, 15) is 4.79 Å². The van der Waals surface area contributed by atoms with Crippen molar-refractivity contribution in [1.82, 2.24) is 0 Å².